The summed E-state index contributed by atoms with van der Waals surface area (Å²) in [5.41, 5.74) is 3.10. The second kappa shape index (κ2) is 4.39. The lowest BCUT2D eigenvalue weighted by Gasteiger charge is -2.14. The largest absolute Gasteiger partial charge is 0.294 e. The normalized spacial score (nSPS) is 14.1. The molecule has 2 nitrogen and oxygen atoms in total. The van der Waals surface area contributed by atoms with Gasteiger partial charge in [0.1, 0.15) is 0 Å². The summed E-state index contributed by atoms with van der Waals surface area (Å²) in [5, 5.41) is 0.597. The van der Waals surface area contributed by atoms with E-state index in [-0.39, 0.29) is 5.78 Å². The van der Waals surface area contributed by atoms with Crippen molar-refractivity contribution in [3.8, 4) is 0 Å². The van der Waals surface area contributed by atoms with Crippen LogP contribution in [0.25, 0.3) is 0 Å². The molecule has 0 saturated heterocycles. The molecule has 1 heterocycles. The van der Waals surface area contributed by atoms with Gasteiger partial charge in [-0.15, -0.1) is 0 Å². The fourth-order valence-electron chi connectivity index (χ4n) is 2.06. The van der Waals surface area contributed by atoms with Gasteiger partial charge in [-0.05, 0) is 23.8 Å². The maximum absolute atomic E-state index is 12.1. The third kappa shape index (κ3) is 1.95. The first kappa shape index (κ1) is 11.2. The summed E-state index contributed by atoms with van der Waals surface area (Å²) in [5.74, 6) is 0.0931. The highest BCUT2D eigenvalue weighted by Crippen LogP contribution is 2.30. The zero-order valence-electron chi connectivity index (χ0n) is 9.56. The van der Waals surface area contributed by atoms with Crippen LogP contribution in [0.1, 0.15) is 22.3 Å². The average Bonchev–Trinajstić information content (AvgIpc) is 2.39. The number of nitrogens with zero attached hydrogens (tertiary/aromatic N) is 1. The minimum atomic E-state index is 0.0931. The summed E-state index contributed by atoms with van der Waals surface area (Å²) in [7, 11) is 0. The van der Waals surface area contributed by atoms with Gasteiger partial charge in [-0.2, -0.15) is 0 Å². The van der Waals surface area contributed by atoms with Gasteiger partial charge >= 0.3 is 0 Å². The molecule has 0 amide bonds. The standard InChI is InChI=1S/C15H10ClNO/c16-11-6-7-12-14(8-11)17-13(9-15(12)18)10-4-2-1-3-5-10/h1-8H,9H2. The Hall–Kier alpha value is -1.93. The van der Waals surface area contributed by atoms with Crippen LogP contribution in [0.15, 0.2) is 53.5 Å². The summed E-state index contributed by atoms with van der Waals surface area (Å²) < 4.78 is 0. The molecule has 0 radical (unpaired) electrons. The second-order valence-corrected chi connectivity index (χ2v) is 4.62. The number of fused-ring (bicyclic) bond motifs is 1. The number of hydrogen-bond acceptors (Lipinski definition) is 2. The van der Waals surface area contributed by atoms with Crippen molar-refractivity contribution in [1.82, 2.24) is 0 Å². The fourth-order valence-corrected chi connectivity index (χ4v) is 2.23. The van der Waals surface area contributed by atoms with E-state index in [9.17, 15) is 4.79 Å². The highest BCUT2D eigenvalue weighted by Gasteiger charge is 2.20. The number of carbonyl (C=O) groups excluding carboxylic acids is 1. The summed E-state index contributed by atoms with van der Waals surface area (Å²) in [6, 6.07) is 14.9. The van der Waals surface area contributed by atoms with Gasteiger partial charge in [-0.3, -0.25) is 9.79 Å². The molecular formula is C15H10ClNO. The van der Waals surface area contributed by atoms with E-state index >= 15 is 0 Å². The topological polar surface area (TPSA) is 29.4 Å². The Kier molecular flexibility index (Phi) is 2.73. The van der Waals surface area contributed by atoms with E-state index in [0.717, 1.165) is 11.3 Å². The van der Waals surface area contributed by atoms with Crippen LogP contribution in [0.4, 0.5) is 5.69 Å². The van der Waals surface area contributed by atoms with Crippen molar-refractivity contribution in [2.45, 2.75) is 6.42 Å². The van der Waals surface area contributed by atoms with E-state index in [1.165, 1.54) is 0 Å². The predicted octanol–water partition coefficient (Wildman–Crippen LogP) is 4.05. The molecule has 3 rings (SSSR count). The maximum Gasteiger partial charge on any atom is 0.171 e. The summed E-state index contributed by atoms with van der Waals surface area (Å²) >= 11 is 5.94. The molecule has 0 fully saturated rings. The Morgan fingerprint density at radius 2 is 1.83 bits per heavy atom. The number of ketones is 1. The third-order valence-corrected chi connectivity index (χ3v) is 3.19. The van der Waals surface area contributed by atoms with Gasteiger partial charge in [-0.25, -0.2) is 0 Å². The summed E-state index contributed by atoms with van der Waals surface area (Å²) in [4.78, 5) is 16.6. The molecule has 0 aliphatic carbocycles. The maximum atomic E-state index is 12.1. The van der Waals surface area contributed by atoms with Crippen molar-refractivity contribution in [1.29, 1.82) is 0 Å². The van der Waals surface area contributed by atoms with Crippen LogP contribution in [0.3, 0.4) is 0 Å². The molecule has 2 aromatic carbocycles. The van der Waals surface area contributed by atoms with E-state index in [0.29, 0.717) is 22.7 Å². The first-order chi connectivity index (χ1) is 8.74. The quantitative estimate of drug-likeness (QED) is 0.756. The SMILES string of the molecule is O=C1CC(c2ccccc2)=Nc2cc(Cl)ccc21. The molecule has 0 N–H and O–H groups in total. The molecule has 0 atom stereocenters. The van der Waals surface area contributed by atoms with Gasteiger partial charge < -0.3 is 0 Å². The van der Waals surface area contributed by atoms with E-state index < -0.39 is 0 Å². The number of benzene rings is 2. The molecule has 1 aliphatic heterocycles. The lowest BCUT2D eigenvalue weighted by atomic mass is 9.96. The highest BCUT2D eigenvalue weighted by atomic mass is 35.5. The van der Waals surface area contributed by atoms with Gasteiger partial charge in [0.25, 0.3) is 0 Å². The van der Waals surface area contributed by atoms with Crippen molar-refractivity contribution in [3.63, 3.8) is 0 Å². The third-order valence-electron chi connectivity index (χ3n) is 2.95. The number of halogens is 1. The van der Waals surface area contributed by atoms with Crippen LogP contribution < -0.4 is 0 Å². The van der Waals surface area contributed by atoms with E-state index in [1.54, 1.807) is 18.2 Å². The minimum absolute atomic E-state index is 0.0931. The molecule has 0 spiro atoms. The smallest absolute Gasteiger partial charge is 0.171 e. The van der Waals surface area contributed by atoms with Gasteiger partial charge in [0.2, 0.25) is 0 Å². The molecule has 1 aliphatic rings. The van der Waals surface area contributed by atoms with Crippen molar-refractivity contribution in [3.05, 3.63) is 64.7 Å². The van der Waals surface area contributed by atoms with Gasteiger partial charge in [-0.1, -0.05) is 41.9 Å². The van der Waals surface area contributed by atoms with Crippen molar-refractivity contribution >= 4 is 28.8 Å². The Balaban J connectivity index is 2.13. The predicted molar refractivity (Wildman–Crippen MR) is 73.0 cm³/mol. The van der Waals surface area contributed by atoms with Gasteiger partial charge in [0, 0.05) is 10.6 Å². The minimum Gasteiger partial charge on any atom is -0.294 e. The number of carbonyl (C=O) groups is 1. The molecule has 0 aromatic heterocycles. The molecule has 2 aromatic rings. The molecule has 18 heavy (non-hydrogen) atoms. The van der Waals surface area contributed by atoms with Crippen molar-refractivity contribution in [2.24, 2.45) is 4.99 Å². The number of hydrogen-bond donors (Lipinski definition) is 0. The van der Waals surface area contributed by atoms with E-state index in [4.69, 9.17) is 11.6 Å². The van der Waals surface area contributed by atoms with E-state index in [2.05, 4.69) is 4.99 Å². The van der Waals surface area contributed by atoms with Crippen molar-refractivity contribution in [2.75, 3.05) is 0 Å². The van der Waals surface area contributed by atoms with Crippen molar-refractivity contribution < 1.29 is 4.79 Å². The fraction of sp³-hybridized carbons (Fsp3) is 0.0667. The molecule has 0 unspecified atom stereocenters. The number of Topliss-reactive ketones (excluding diaryl/α,β-unsaturated/α-hetero) is 1. The number of rotatable bonds is 1. The first-order valence-electron chi connectivity index (χ1n) is 5.70. The van der Waals surface area contributed by atoms with Gasteiger partial charge in [0.05, 0.1) is 17.8 Å². The first-order valence-corrected chi connectivity index (χ1v) is 6.07. The zero-order chi connectivity index (χ0) is 12.5. The average molecular weight is 256 g/mol. The molecule has 3 heteroatoms. The monoisotopic (exact) mass is 255 g/mol. The Labute approximate surface area is 110 Å². The Morgan fingerprint density at radius 3 is 2.61 bits per heavy atom. The Bertz CT molecular complexity index is 647. The lowest BCUT2D eigenvalue weighted by Crippen LogP contribution is -2.14. The molecular weight excluding hydrogens is 246 g/mol. The molecule has 0 saturated carbocycles. The Morgan fingerprint density at radius 1 is 1.06 bits per heavy atom. The summed E-state index contributed by atoms with van der Waals surface area (Å²) in [6.45, 7) is 0. The van der Waals surface area contributed by atoms with Gasteiger partial charge in [0.15, 0.2) is 5.78 Å². The molecule has 0 bridgehead atoms. The van der Waals surface area contributed by atoms with Crippen LogP contribution in [0.2, 0.25) is 5.02 Å². The van der Waals surface area contributed by atoms with Crippen LogP contribution >= 0.6 is 11.6 Å². The number of aliphatic imine (C=N–C) groups is 1. The lowest BCUT2D eigenvalue weighted by molar-refractivity contribution is 0.1000. The summed E-state index contributed by atoms with van der Waals surface area (Å²) in [6.07, 6.45) is 0.346. The zero-order valence-corrected chi connectivity index (χ0v) is 10.3. The second-order valence-electron chi connectivity index (χ2n) is 4.19. The van der Waals surface area contributed by atoms with Crippen LogP contribution in [0, 0.1) is 0 Å². The van der Waals surface area contributed by atoms with Crippen LogP contribution in [0.5, 0.6) is 0 Å². The van der Waals surface area contributed by atoms with Crippen LogP contribution in [-0.2, 0) is 0 Å². The van der Waals surface area contributed by atoms with E-state index in [1.807, 2.05) is 30.3 Å². The highest BCUT2D eigenvalue weighted by molar-refractivity contribution is 6.31. The molecule has 88 valence electrons. The van der Waals surface area contributed by atoms with Crippen LogP contribution in [-0.4, -0.2) is 11.5 Å².